The third-order valence-electron chi connectivity index (χ3n) is 5.44. The maximum atomic E-state index is 14.3. The highest BCUT2D eigenvalue weighted by atomic mass is 19.1. The van der Waals surface area contributed by atoms with E-state index in [1.165, 1.54) is 18.2 Å². The fraction of sp³-hybridized carbons (Fsp3) is 0.259. The van der Waals surface area contributed by atoms with Gasteiger partial charge in [-0.3, -0.25) is 4.79 Å². The number of benzene rings is 3. The largest absolute Gasteiger partial charge is 0.484 e. The summed E-state index contributed by atoms with van der Waals surface area (Å²) < 4.78 is 47.8. The van der Waals surface area contributed by atoms with Gasteiger partial charge in [0.2, 0.25) is 0 Å². The second kappa shape index (κ2) is 10.6. The average molecular weight is 484 g/mol. The first-order valence-corrected chi connectivity index (χ1v) is 11.1. The van der Waals surface area contributed by atoms with E-state index in [0.29, 0.717) is 33.8 Å². The Bertz CT molecular complexity index is 1210. The maximum Gasteiger partial charge on any atom is 0.257 e. The summed E-state index contributed by atoms with van der Waals surface area (Å²) in [5.41, 5.74) is 0.540. The molecule has 5 nitrogen and oxygen atoms in total. The van der Waals surface area contributed by atoms with E-state index in [1.54, 1.807) is 56.3 Å². The topological polar surface area (TPSA) is 74.2 Å². The Kier molecular flexibility index (Phi) is 7.84. The van der Waals surface area contributed by atoms with Crippen LogP contribution in [-0.2, 0) is 4.79 Å². The summed E-state index contributed by atoms with van der Waals surface area (Å²) >= 11 is 0. The number of aryl methyl sites for hydroxylation is 1. The van der Waals surface area contributed by atoms with E-state index in [1.807, 2.05) is 0 Å². The first-order chi connectivity index (χ1) is 16.5. The maximum absolute atomic E-state index is 14.3. The van der Waals surface area contributed by atoms with Crippen LogP contribution in [0.1, 0.15) is 43.6 Å². The lowest BCUT2D eigenvalue weighted by Gasteiger charge is -2.28. The molecular formula is C27H28F3N3O2. The molecule has 3 N–H and O–H groups in total. The van der Waals surface area contributed by atoms with Crippen molar-refractivity contribution in [1.29, 1.82) is 5.41 Å². The number of amides is 1. The van der Waals surface area contributed by atoms with Gasteiger partial charge in [-0.25, -0.2) is 13.2 Å². The van der Waals surface area contributed by atoms with E-state index in [9.17, 15) is 18.0 Å². The fourth-order valence-corrected chi connectivity index (χ4v) is 3.38. The van der Waals surface area contributed by atoms with E-state index >= 15 is 0 Å². The Morgan fingerprint density at radius 1 is 1.06 bits per heavy atom. The molecule has 0 aliphatic heterocycles. The van der Waals surface area contributed by atoms with Gasteiger partial charge in [0, 0.05) is 23.2 Å². The second-order valence-corrected chi connectivity index (χ2v) is 8.81. The molecule has 3 aromatic carbocycles. The molecule has 35 heavy (non-hydrogen) atoms. The lowest BCUT2D eigenvalue weighted by Crippen LogP contribution is -2.46. The Morgan fingerprint density at radius 3 is 2.34 bits per heavy atom. The molecule has 0 aliphatic rings. The van der Waals surface area contributed by atoms with Crippen LogP contribution in [0.5, 0.6) is 5.75 Å². The molecule has 0 bridgehead atoms. The summed E-state index contributed by atoms with van der Waals surface area (Å²) in [7, 11) is 0. The number of halogens is 3. The Hall–Kier alpha value is -3.81. The zero-order valence-corrected chi connectivity index (χ0v) is 20.0. The van der Waals surface area contributed by atoms with E-state index in [-0.39, 0.29) is 5.82 Å². The van der Waals surface area contributed by atoms with Crippen LogP contribution in [0.4, 0.5) is 24.5 Å². The first-order valence-electron chi connectivity index (χ1n) is 11.1. The van der Waals surface area contributed by atoms with Crippen LogP contribution in [0.2, 0.25) is 0 Å². The number of nitrogens with one attached hydrogen (secondary N) is 3. The third kappa shape index (κ3) is 6.62. The highest BCUT2D eigenvalue weighted by Crippen LogP contribution is 2.30. The van der Waals surface area contributed by atoms with Crippen molar-refractivity contribution in [2.45, 2.75) is 45.5 Å². The van der Waals surface area contributed by atoms with Gasteiger partial charge in [0.05, 0.1) is 6.04 Å². The monoisotopic (exact) mass is 483 g/mol. The number of anilines is 2. The van der Waals surface area contributed by atoms with Crippen LogP contribution in [-0.4, -0.2) is 23.8 Å². The van der Waals surface area contributed by atoms with Crippen LogP contribution < -0.4 is 15.4 Å². The van der Waals surface area contributed by atoms with E-state index < -0.39 is 29.5 Å². The number of alkyl halides is 1. The van der Waals surface area contributed by atoms with E-state index in [0.717, 1.165) is 20.1 Å². The molecule has 3 rings (SSSR count). The van der Waals surface area contributed by atoms with Gasteiger partial charge in [-0.05, 0) is 87.4 Å². The van der Waals surface area contributed by atoms with Gasteiger partial charge in [-0.1, -0.05) is 12.1 Å². The lowest BCUT2D eigenvalue weighted by molar-refractivity contribution is -0.132. The summed E-state index contributed by atoms with van der Waals surface area (Å²) in [5.74, 6) is -1.24. The molecule has 1 amide bonds. The average Bonchev–Trinajstić information content (AvgIpc) is 2.80. The van der Waals surface area contributed by atoms with Crippen molar-refractivity contribution in [3.8, 4) is 5.75 Å². The zero-order valence-electron chi connectivity index (χ0n) is 20.0. The summed E-state index contributed by atoms with van der Waals surface area (Å²) in [4.78, 5) is 12.2. The van der Waals surface area contributed by atoms with Crippen molar-refractivity contribution < 1.29 is 22.7 Å². The molecule has 3 aromatic rings. The quantitative estimate of drug-likeness (QED) is 0.309. The first kappa shape index (κ1) is 25.8. The van der Waals surface area contributed by atoms with Gasteiger partial charge in [-0.2, -0.15) is 0 Å². The van der Waals surface area contributed by atoms with Gasteiger partial charge >= 0.3 is 0 Å². The zero-order chi connectivity index (χ0) is 25.8. The van der Waals surface area contributed by atoms with Gasteiger partial charge in [-0.15, -0.1) is 0 Å². The summed E-state index contributed by atoms with van der Waals surface area (Å²) in [6, 6.07) is 14.7. The van der Waals surface area contributed by atoms with E-state index in [4.69, 9.17) is 10.1 Å². The number of hydrogen-bond acceptors (Lipinski definition) is 4. The van der Waals surface area contributed by atoms with Crippen molar-refractivity contribution in [3.05, 3.63) is 89.0 Å². The number of hydrogen-bond donors (Lipinski definition) is 3. The number of carbonyl (C=O) groups is 1. The van der Waals surface area contributed by atoms with Crippen molar-refractivity contribution in [3.63, 3.8) is 0 Å². The minimum absolute atomic E-state index is 0.359. The van der Waals surface area contributed by atoms with Gasteiger partial charge in [0.1, 0.15) is 23.5 Å². The number of ether oxygens (including phenoxy) is 1. The molecule has 184 valence electrons. The van der Waals surface area contributed by atoms with Gasteiger partial charge in [0.25, 0.3) is 5.91 Å². The molecule has 0 fully saturated rings. The molecule has 0 radical (unpaired) electrons. The molecule has 0 spiro atoms. The van der Waals surface area contributed by atoms with Crippen LogP contribution in [0.15, 0.2) is 60.7 Å². The molecule has 0 aromatic heterocycles. The molecule has 2 atom stereocenters. The van der Waals surface area contributed by atoms with Gasteiger partial charge in [0.15, 0.2) is 5.67 Å². The Morgan fingerprint density at radius 2 is 1.74 bits per heavy atom. The highest BCUT2D eigenvalue weighted by molar-refractivity contribution is 5.88. The Balaban J connectivity index is 1.90. The van der Waals surface area contributed by atoms with Crippen LogP contribution in [0, 0.1) is 24.0 Å². The smallest absolute Gasteiger partial charge is 0.257 e. The third-order valence-corrected chi connectivity index (χ3v) is 5.44. The van der Waals surface area contributed by atoms with Crippen molar-refractivity contribution in [2.75, 3.05) is 5.32 Å². The fourth-order valence-electron chi connectivity index (χ4n) is 3.38. The van der Waals surface area contributed by atoms with E-state index in [2.05, 4.69) is 10.6 Å². The molecule has 0 saturated heterocycles. The summed E-state index contributed by atoms with van der Waals surface area (Å²) in [5, 5.41) is 13.5. The predicted molar refractivity (Wildman–Crippen MR) is 131 cm³/mol. The Labute approximate surface area is 202 Å². The van der Waals surface area contributed by atoms with Crippen molar-refractivity contribution in [1.82, 2.24) is 5.32 Å². The summed E-state index contributed by atoms with van der Waals surface area (Å²) in [6.07, 6.45) is 0.293. The van der Waals surface area contributed by atoms with Crippen LogP contribution >= 0.6 is 0 Å². The summed E-state index contributed by atoms with van der Waals surface area (Å²) in [6.45, 7) is 5.59. The highest BCUT2D eigenvalue weighted by Gasteiger charge is 2.31. The minimum Gasteiger partial charge on any atom is -0.484 e. The molecule has 0 heterocycles. The van der Waals surface area contributed by atoms with Gasteiger partial charge < -0.3 is 20.8 Å². The number of rotatable bonds is 9. The van der Waals surface area contributed by atoms with Crippen LogP contribution in [0.25, 0.3) is 0 Å². The van der Waals surface area contributed by atoms with Crippen molar-refractivity contribution >= 4 is 23.5 Å². The molecule has 0 aliphatic carbocycles. The minimum atomic E-state index is -2.10. The van der Waals surface area contributed by atoms with Crippen LogP contribution in [0.3, 0.4) is 0 Å². The molecule has 0 saturated carbocycles. The molecule has 1 unspecified atom stereocenters. The van der Waals surface area contributed by atoms with Crippen molar-refractivity contribution in [2.24, 2.45) is 0 Å². The molecular weight excluding hydrogens is 455 g/mol. The molecule has 8 heteroatoms. The lowest BCUT2D eigenvalue weighted by atomic mass is 10.00. The second-order valence-electron chi connectivity index (χ2n) is 8.81. The number of carbonyl (C=O) groups excluding carboxylic acids is 1. The normalized spacial score (nSPS) is 13.0. The predicted octanol–water partition coefficient (Wildman–Crippen LogP) is 6.39. The SMILES string of the molecule is Cc1ccc([C@@H](Oc2ccc(Nc3ccc(F)cc3)c(C=N)c2)C(C)NC(=O)C(C)(C)F)cc1F. The standard InChI is InChI=1S/C27H28F3N3O2/c1-16-5-6-18(14-23(16)29)25(17(2)32-26(34)27(3,4)30)35-22-11-12-24(19(13-22)15-31)33-21-9-7-20(28)8-10-21/h5-15,17,25,31,33H,1-4H3,(H,32,34)/t17?,25-/m0/s1.